The Balaban J connectivity index is 1.71. The molecule has 1 saturated heterocycles. The van der Waals surface area contributed by atoms with Gasteiger partial charge in [0, 0.05) is 24.2 Å². The highest BCUT2D eigenvalue weighted by atomic mass is 16.3. The van der Waals surface area contributed by atoms with E-state index in [0.29, 0.717) is 17.6 Å². The zero-order valence-corrected chi connectivity index (χ0v) is 11.0. The van der Waals surface area contributed by atoms with Crippen LogP contribution in [0.1, 0.15) is 36.0 Å². The number of aromatic hydroxyl groups is 1. The van der Waals surface area contributed by atoms with Crippen LogP contribution in [0.2, 0.25) is 0 Å². The molecular formula is C15H20N2O2. The largest absolute Gasteiger partial charge is 0.508 e. The van der Waals surface area contributed by atoms with E-state index < -0.39 is 0 Å². The Morgan fingerprint density at radius 3 is 2.58 bits per heavy atom. The van der Waals surface area contributed by atoms with E-state index in [1.54, 1.807) is 24.3 Å². The molecule has 1 atom stereocenters. The van der Waals surface area contributed by atoms with Crippen molar-refractivity contribution in [1.29, 1.82) is 0 Å². The van der Waals surface area contributed by atoms with Crippen LogP contribution in [0.4, 0.5) is 0 Å². The van der Waals surface area contributed by atoms with E-state index in [4.69, 9.17) is 0 Å². The van der Waals surface area contributed by atoms with Crippen LogP contribution in [0.3, 0.4) is 0 Å². The van der Waals surface area contributed by atoms with Gasteiger partial charge in [-0.15, -0.1) is 0 Å². The fourth-order valence-electron chi connectivity index (χ4n) is 2.70. The molecule has 0 spiro atoms. The molecule has 1 amide bonds. The van der Waals surface area contributed by atoms with Gasteiger partial charge >= 0.3 is 0 Å². The van der Waals surface area contributed by atoms with Gasteiger partial charge in [0.2, 0.25) is 0 Å². The molecule has 102 valence electrons. The van der Waals surface area contributed by atoms with Crippen molar-refractivity contribution in [3.63, 3.8) is 0 Å². The number of carbonyl (C=O) groups is 1. The van der Waals surface area contributed by atoms with Gasteiger partial charge in [-0.05, 0) is 56.5 Å². The number of nitrogens with zero attached hydrogens (tertiary/aromatic N) is 1. The number of phenolic OH excluding ortho intramolecular Hbond substituents is 1. The normalized spacial score (nSPS) is 22.4. The molecule has 2 aliphatic rings. The minimum absolute atomic E-state index is 0.0937. The predicted octanol–water partition coefficient (Wildman–Crippen LogP) is 1.75. The average Bonchev–Trinajstić information content (AvgIpc) is 3.13. The lowest BCUT2D eigenvalue weighted by atomic mass is 10.1. The van der Waals surface area contributed by atoms with E-state index in [9.17, 15) is 9.90 Å². The second-order valence-electron chi connectivity index (χ2n) is 5.53. The summed E-state index contributed by atoms with van der Waals surface area (Å²) >= 11 is 0. The topological polar surface area (TPSA) is 52.6 Å². The molecular weight excluding hydrogens is 240 g/mol. The van der Waals surface area contributed by atoms with Crippen molar-refractivity contribution < 1.29 is 9.90 Å². The monoisotopic (exact) mass is 260 g/mol. The second kappa shape index (κ2) is 5.21. The van der Waals surface area contributed by atoms with Crippen LogP contribution in [0.25, 0.3) is 0 Å². The molecule has 1 aliphatic heterocycles. The van der Waals surface area contributed by atoms with E-state index >= 15 is 0 Å². The summed E-state index contributed by atoms with van der Waals surface area (Å²) in [6, 6.07) is 7.42. The second-order valence-corrected chi connectivity index (χ2v) is 5.53. The van der Waals surface area contributed by atoms with Crippen molar-refractivity contribution in [2.75, 3.05) is 13.1 Å². The van der Waals surface area contributed by atoms with Crippen molar-refractivity contribution in [3.05, 3.63) is 29.8 Å². The summed E-state index contributed by atoms with van der Waals surface area (Å²) in [6.07, 6.45) is 4.61. The first-order valence-corrected chi connectivity index (χ1v) is 7.07. The van der Waals surface area contributed by atoms with Crippen LogP contribution in [0.15, 0.2) is 24.3 Å². The molecule has 0 bridgehead atoms. The van der Waals surface area contributed by atoms with Gasteiger partial charge in [-0.25, -0.2) is 0 Å². The molecule has 1 heterocycles. The average molecular weight is 260 g/mol. The van der Waals surface area contributed by atoms with Crippen LogP contribution >= 0.6 is 0 Å². The van der Waals surface area contributed by atoms with Crippen LogP contribution in [-0.4, -0.2) is 41.1 Å². The highest BCUT2D eigenvalue weighted by Gasteiger charge is 2.34. The van der Waals surface area contributed by atoms with Crippen LogP contribution < -0.4 is 5.32 Å². The number of carbonyl (C=O) groups excluding carboxylic acids is 1. The summed E-state index contributed by atoms with van der Waals surface area (Å²) in [5, 5.41) is 12.7. The number of amides is 1. The Hall–Kier alpha value is -1.55. The number of benzene rings is 1. The molecule has 1 aromatic rings. The van der Waals surface area contributed by atoms with E-state index in [2.05, 4.69) is 5.32 Å². The summed E-state index contributed by atoms with van der Waals surface area (Å²) in [5.41, 5.74) is 0.669. The van der Waals surface area contributed by atoms with Crippen LogP contribution in [0, 0.1) is 0 Å². The molecule has 1 aliphatic carbocycles. The lowest BCUT2D eigenvalue weighted by Crippen LogP contribution is -2.42. The number of nitrogens with one attached hydrogen (secondary N) is 1. The first-order valence-electron chi connectivity index (χ1n) is 7.07. The number of phenols is 1. The van der Waals surface area contributed by atoms with Gasteiger partial charge < -0.3 is 15.3 Å². The van der Waals surface area contributed by atoms with Crippen molar-refractivity contribution in [1.82, 2.24) is 10.2 Å². The zero-order valence-electron chi connectivity index (χ0n) is 11.0. The maximum Gasteiger partial charge on any atom is 0.254 e. The Kier molecular flexibility index (Phi) is 3.42. The van der Waals surface area contributed by atoms with Crippen molar-refractivity contribution in [2.24, 2.45) is 0 Å². The van der Waals surface area contributed by atoms with Gasteiger partial charge in [-0.1, -0.05) is 0 Å². The van der Waals surface area contributed by atoms with E-state index in [0.717, 1.165) is 32.4 Å². The van der Waals surface area contributed by atoms with E-state index in [-0.39, 0.29) is 11.7 Å². The minimum Gasteiger partial charge on any atom is -0.508 e. The molecule has 1 unspecified atom stereocenters. The molecule has 2 fully saturated rings. The van der Waals surface area contributed by atoms with Gasteiger partial charge in [0.1, 0.15) is 5.75 Å². The molecule has 3 rings (SSSR count). The van der Waals surface area contributed by atoms with E-state index in [1.165, 1.54) is 6.42 Å². The predicted molar refractivity (Wildman–Crippen MR) is 73.2 cm³/mol. The van der Waals surface area contributed by atoms with Gasteiger partial charge in [-0.3, -0.25) is 4.79 Å². The molecule has 4 heteroatoms. The first-order chi connectivity index (χ1) is 9.24. The maximum atomic E-state index is 12.5. The van der Waals surface area contributed by atoms with Crippen LogP contribution in [0.5, 0.6) is 5.75 Å². The van der Waals surface area contributed by atoms with Gasteiger partial charge in [0.15, 0.2) is 0 Å². The van der Waals surface area contributed by atoms with Gasteiger partial charge in [0.05, 0.1) is 0 Å². The summed E-state index contributed by atoms with van der Waals surface area (Å²) in [5.74, 6) is 0.295. The lowest BCUT2D eigenvalue weighted by molar-refractivity contribution is 0.0728. The maximum absolute atomic E-state index is 12.5. The molecule has 19 heavy (non-hydrogen) atoms. The molecule has 0 aromatic heterocycles. The Morgan fingerprint density at radius 1 is 1.26 bits per heavy atom. The zero-order chi connectivity index (χ0) is 13.2. The molecule has 1 aromatic carbocycles. The third-order valence-electron chi connectivity index (χ3n) is 3.94. The summed E-state index contributed by atoms with van der Waals surface area (Å²) in [6.45, 7) is 1.88. The minimum atomic E-state index is 0.0937. The Labute approximate surface area is 113 Å². The molecule has 2 N–H and O–H groups in total. The number of hydrogen-bond donors (Lipinski definition) is 2. The summed E-state index contributed by atoms with van der Waals surface area (Å²) in [4.78, 5) is 14.6. The lowest BCUT2D eigenvalue weighted by Gasteiger charge is -2.26. The Bertz CT molecular complexity index is 448. The third kappa shape index (κ3) is 2.89. The summed E-state index contributed by atoms with van der Waals surface area (Å²) < 4.78 is 0. The van der Waals surface area contributed by atoms with Crippen molar-refractivity contribution in [2.45, 2.75) is 37.8 Å². The first kappa shape index (κ1) is 12.5. The smallest absolute Gasteiger partial charge is 0.254 e. The fourth-order valence-corrected chi connectivity index (χ4v) is 2.70. The van der Waals surface area contributed by atoms with Crippen LogP contribution in [-0.2, 0) is 0 Å². The highest BCUT2D eigenvalue weighted by Crippen LogP contribution is 2.29. The number of rotatable bonds is 4. The Morgan fingerprint density at radius 2 is 2.00 bits per heavy atom. The van der Waals surface area contributed by atoms with E-state index in [1.807, 2.05) is 4.90 Å². The fraction of sp³-hybridized carbons (Fsp3) is 0.533. The quantitative estimate of drug-likeness (QED) is 0.867. The third-order valence-corrected chi connectivity index (χ3v) is 3.94. The molecule has 1 saturated carbocycles. The standard InChI is InChI=1S/C15H20N2O2/c18-14-7-3-11(4-8-14)15(19)17(13-5-6-13)10-12-2-1-9-16-12/h3-4,7-8,12-13,16,18H,1-2,5-6,9-10H2. The molecule has 0 radical (unpaired) electrons. The SMILES string of the molecule is O=C(c1ccc(O)cc1)N(CC1CCCN1)C1CC1. The summed E-state index contributed by atoms with van der Waals surface area (Å²) in [7, 11) is 0. The number of hydrogen-bond acceptors (Lipinski definition) is 3. The molecule has 4 nitrogen and oxygen atoms in total. The highest BCUT2D eigenvalue weighted by molar-refractivity contribution is 5.94. The van der Waals surface area contributed by atoms with Crippen molar-refractivity contribution in [3.8, 4) is 5.75 Å². The van der Waals surface area contributed by atoms with Gasteiger partial charge in [0.25, 0.3) is 5.91 Å². The van der Waals surface area contributed by atoms with Crippen molar-refractivity contribution >= 4 is 5.91 Å². The van der Waals surface area contributed by atoms with Gasteiger partial charge in [-0.2, -0.15) is 0 Å².